The van der Waals surface area contributed by atoms with Gasteiger partial charge in [-0.25, -0.2) is 0 Å². The van der Waals surface area contributed by atoms with E-state index in [-0.39, 0.29) is 11.8 Å². The van der Waals surface area contributed by atoms with Crippen molar-refractivity contribution < 1.29 is 9.32 Å². The highest BCUT2D eigenvalue weighted by atomic mass is 16.5. The van der Waals surface area contributed by atoms with Crippen LogP contribution in [0.5, 0.6) is 0 Å². The summed E-state index contributed by atoms with van der Waals surface area (Å²) in [6, 6.07) is 14.2. The molecule has 1 saturated heterocycles. The first-order valence-electron chi connectivity index (χ1n) is 10.5. The maximum atomic E-state index is 12.8. The minimum atomic E-state index is -0.0389. The van der Waals surface area contributed by atoms with E-state index >= 15 is 0 Å². The molecule has 4 rings (SSSR count). The molecule has 2 heterocycles. The molecule has 6 heteroatoms. The SMILES string of the molecule is Cc1ccc(-c2nc(CN3CCCC(C(=O)Nc4cc(C)cc(C)c4)C3)no2)cc1. The maximum Gasteiger partial charge on any atom is 0.257 e. The summed E-state index contributed by atoms with van der Waals surface area (Å²) in [5, 5.41) is 7.23. The van der Waals surface area contributed by atoms with E-state index in [2.05, 4.69) is 26.4 Å². The molecule has 1 unspecified atom stereocenters. The molecular weight excluding hydrogens is 376 g/mol. The minimum absolute atomic E-state index is 0.0389. The number of benzene rings is 2. The summed E-state index contributed by atoms with van der Waals surface area (Å²) in [6.45, 7) is 8.35. The Kier molecular flexibility index (Phi) is 5.95. The number of likely N-dealkylation sites (tertiary alicyclic amines) is 1. The van der Waals surface area contributed by atoms with Gasteiger partial charge in [0.1, 0.15) is 0 Å². The van der Waals surface area contributed by atoms with Crippen molar-refractivity contribution in [1.29, 1.82) is 0 Å². The van der Waals surface area contributed by atoms with Gasteiger partial charge in [-0.05, 0) is 75.5 Å². The van der Waals surface area contributed by atoms with Crippen LogP contribution in [0.25, 0.3) is 11.5 Å². The van der Waals surface area contributed by atoms with Crippen LogP contribution in [0.4, 0.5) is 5.69 Å². The summed E-state index contributed by atoms with van der Waals surface area (Å²) >= 11 is 0. The summed E-state index contributed by atoms with van der Waals surface area (Å²) in [6.07, 6.45) is 1.88. The van der Waals surface area contributed by atoms with E-state index in [9.17, 15) is 4.79 Å². The van der Waals surface area contributed by atoms with Crippen LogP contribution in [0.2, 0.25) is 0 Å². The molecule has 156 valence electrons. The number of aryl methyl sites for hydroxylation is 3. The molecule has 1 aromatic heterocycles. The van der Waals surface area contributed by atoms with Crippen molar-refractivity contribution in [1.82, 2.24) is 15.0 Å². The average molecular weight is 405 g/mol. The van der Waals surface area contributed by atoms with Gasteiger partial charge < -0.3 is 9.84 Å². The second kappa shape index (κ2) is 8.79. The molecule has 1 N–H and O–H groups in total. The monoisotopic (exact) mass is 404 g/mol. The van der Waals surface area contributed by atoms with Gasteiger partial charge in [-0.2, -0.15) is 4.98 Å². The third-order valence-corrected chi connectivity index (χ3v) is 5.50. The molecule has 6 nitrogen and oxygen atoms in total. The van der Waals surface area contributed by atoms with Crippen molar-refractivity contribution in [2.45, 2.75) is 40.2 Å². The lowest BCUT2D eigenvalue weighted by Gasteiger charge is -2.31. The van der Waals surface area contributed by atoms with E-state index in [4.69, 9.17) is 4.52 Å². The van der Waals surface area contributed by atoms with Gasteiger partial charge in [-0.1, -0.05) is 28.9 Å². The molecule has 1 aliphatic heterocycles. The van der Waals surface area contributed by atoms with E-state index in [0.717, 1.165) is 41.8 Å². The number of carbonyl (C=O) groups excluding carboxylic acids is 1. The Labute approximate surface area is 177 Å². The van der Waals surface area contributed by atoms with Crippen LogP contribution in [0.3, 0.4) is 0 Å². The molecule has 0 saturated carbocycles. The predicted octanol–water partition coefficient (Wildman–Crippen LogP) is 4.51. The molecule has 1 aliphatic rings. The van der Waals surface area contributed by atoms with E-state index in [1.807, 2.05) is 57.2 Å². The normalized spacial score (nSPS) is 17.1. The first kappa shape index (κ1) is 20.3. The Balaban J connectivity index is 1.37. The van der Waals surface area contributed by atoms with Crippen molar-refractivity contribution in [3.8, 4) is 11.5 Å². The van der Waals surface area contributed by atoms with Crippen molar-refractivity contribution >= 4 is 11.6 Å². The van der Waals surface area contributed by atoms with E-state index in [0.29, 0.717) is 24.8 Å². The van der Waals surface area contributed by atoms with Gasteiger partial charge >= 0.3 is 0 Å². The third-order valence-electron chi connectivity index (χ3n) is 5.50. The standard InChI is InChI=1S/C24H28N4O2/c1-16-6-8-19(9-7-16)24-26-22(27-30-24)15-28-10-4-5-20(14-28)23(29)25-21-12-17(2)11-18(3)13-21/h6-9,11-13,20H,4-5,10,14-15H2,1-3H3,(H,25,29). The van der Waals surface area contributed by atoms with Gasteiger partial charge in [0.05, 0.1) is 12.5 Å². The number of carbonyl (C=O) groups is 1. The number of nitrogens with one attached hydrogen (secondary N) is 1. The van der Waals surface area contributed by atoms with Crippen LogP contribution < -0.4 is 5.32 Å². The number of aromatic nitrogens is 2. The first-order chi connectivity index (χ1) is 14.5. The molecule has 3 aromatic rings. The zero-order valence-corrected chi connectivity index (χ0v) is 17.8. The molecule has 0 spiro atoms. The fourth-order valence-corrected chi connectivity index (χ4v) is 4.04. The highest BCUT2D eigenvalue weighted by Gasteiger charge is 2.27. The summed E-state index contributed by atoms with van der Waals surface area (Å²) in [5.74, 6) is 1.23. The zero-order chi connectivity index (χ0) is 21.1. The van der Waals surface area contributed by atoms with Crippen LogP contribution in [-0.4, -0.2) is 34.0 Å². The van der Waals surface area contributed by atoms with Crippen LogP contribution in [0.15, 0.2) is 47.0 Å². The van der Waals surface area contributed by atoms with Crippen LogP contribution in [-0.2, 0) is 11.3 Å². The Hall–Kier alpha value is -2.99. The highest BCUT2D eigenvalue weighted by molar-refractivity contribution is 5.93. The number of nitrogens with zero attached hydrogens (tertiary/aromatic N) is 3. The Morgan fingerprint density at radius 2 is 1.83 bits per heavy atom. The Morgan fingerprint density at radius 1 is 1.10 bits per heavy atom. The highest BCUT2D eigenvalue weighted by Crippen LogP contribution is 2.22. The molecule has 0 bridgehead atoms. The zero-order valence-electron chi connectivity index (χ0n) is 17.8. The number of piperidine rings is 1. The third kappa shape index (κ3) is 4.94. The lowest BCUT2D eigenvalue weighted by atomic mass is 9.97. The van der Waals surface area contributed by atoms with Crippen molar-refractivity contribution in [2.24, 2.45) is 5.92 Å². The predicted molar refractivity (Wildman–Crippen MR) is 117 cm³/mol. The van der Waals surface area contributed by atoms with Gasteiger partial charge in [-0.15, -0.1) is 0 Å². The number of rotatable bonds is 5. The quantitative estimate of drug-likeness (QED) is 0.677. The number of anilines is 1. The summed E-state index contributed by atoms with van der Waals surface area (Å²) in [5.41, 5.74) is 5.28. The second-order valence-electron chi connectivity index (χ2n) is 8.32. The number of hydrogen-bond donors (Lipinski definition) is 1. The number of hydrogen-bond acceptors (Lipinski definition) is 5. The van der Waals surface area contributed by atoms with Gasteiger partial charge in [0, 0.05) is 17.8 Å². The molecule has 0 radical (unpaired) electrons. The summed E-state index contributed by atoms with van der Waals surface area (Å²) in [4.78, 5) is 19.6. The lowest BCUT2D eigenvalue weighted by Crippen LogP contribution is -2.40. The molecule has 1 amide bonds. The fourth-order valence-electron chi connectivity index (χ4n) is 4.04. The summed E-state index contributed by atoms with van der Waals surface area (Å²) < 4.78 is 5.44. The summed E-state index contributed by atoms with van der Waals surface area (Å²) in [7, 11) is 0. The largest absolute Gasteiger partial charge is 0.334 e. The van der Waals surface area contributed by atoms with Crippen LogP contribution in [0.1, 0.15) is 35.4 Å². The average Bonchev–Trinajstić information content (AvgIpc) is 3.16. The molecule has 0 aliphatic carbocycles. The Bertz CT molecular complexity index is 1010. The fraction of sp³-hybridized carbons (Fsp3) is 0.375. The maximum absolute atomic E-state index is 12.8. The van der Waals surface area contributed by atoms with E-state index < -0.39 is 0 Å². The second-order valence-corrected chi connectivity index (χ2v) is 8.32. The smallest absolute Gasteiger partial charge is 0.257 e. The molecular formula is C24H28N4O2. The van der Waals surface area contributed by atoms with Gasteiger partial charge in [0.2, 0.25) is 5.91 Å². The molecule has 30 heavy (non-hydrogen) atoms. The van der Waals surface area contributed by atoms with Gasteiger partial charge in [0.15, 0.2) is 5.82 Å². The minimum Gasteiger partial charge on any atom is -0.334 e. The van der Waals surface area contributed by atoms with Crippen molar-refractivity contribution in [2.75, 3.05) is 18.4 Å². The molecule has 2 aromatic carbocycles. The van der Waals surface area contributed by atoms with Crippen molar-refractivity contribution in [3.63, 3.8) is 0 Å². The van der Waals surface area contributed by atoms with E-state index in [1.165, 1.54) is 5.56 Å². The molecule has 1 atom stereocenters. The number of amides is 1. The van der Waals surface area contributed by atoms with Crippen LogP contribution >= 0.6 is 0 Å². The first-order valence-corrected chi connectivity index (χ1v) is 10.5. The van der Waals surface area contributed by atoms with Crippen molar-refractivity contribution in [3.05, 3.63) is 65.0 Å². The van der Waals surface area contributed by atoms with Gasteiger partial charge in [0.25, 0.3) is 5.89 Å². The van der Waals surface area contributed by atoms with Gasteiger partial charge in [-0.3, -0.25) is 9.69 Å². The van der Waals surface area contributed by atoms with E-state index in [1.54, 1.807) is 0 Å². The van der Waals surface area contributed by atoms with Crippen LogP contribution in [0, 0.1) is 26.7 Å². The molecule has 1 fully saturated rings. The topological polar surface area (TPSA) is 71.3 Å². The Morgan fingerprint density at radius 3 is 2.57 bits per heavy atom. The lowest BCUT2D eigenvalue weighted by molar-refractivity contribution is -0.121.